The summed E-state index contributed by atoms with van der Waals surface area (Å²) < 4.78 is 0.866. The van der Waals surface area contributed by atoms with Crippen molar-refractivity contribution in [3.8, 4) is 0 Å². The molecule has 0 spiro atoms. The zero-order valence-electron chi connectivity index (χ0n) is 10.0. The number of carbonyl (C=O) groups excluding carboxylic acids is 1. The molecule has 4 heteroatoms. The highest BCUT2D eigenvalue weighted by molar-refractivity contribution is 9.10. The minimum absolute atomic E-state index is 0.0382. The van der Waals surface area contributed by atoms with Crippen molar-refractivity contribution in [1.29, 1.82) is 0 Å². The molecule has 0 amide bonds. The lowest BCUT2D eigenvalue weighted by molar-refractivity contribution is 0.103. The number of benzene rings is 2. The van der Waals surface area contributed by atoms with Gasteiger partial charge in [0.2, 0.25) is 0 Å². The van der Waals surface area contributed by atoms with Crippen LogP contribution in [0.3, 0.4) is 0 Å². The smallest absolute Gasteiger partial charge is 0.196 e. The molecule has 1 aliphatic heterocycles. The first-order valence-corrected chi connectivity index (χ1v) is 7.19. The van der Waals surface area contributed by atoms with Gasteiger partial charge in [-0.25, -0.2) is 0 Å². The summed E-state index contributed by atoms with van der Waals surface area (Å²) in [6.45, 7) is 0.883. The first kappa shape index (κ1) is 12.7. The molecule has 1 N–H and O–H groups in total. The summed E-state index contributed by atoms with van der Waals surface area (Å²) >= 11 is 9.50. The van der Waals surface area contributed by atoms with E-state index in [9.17, 15) is 4.79 Å². The topological polar surface area (TPSA) is 29.1 Å². The van der Waals surface area contributed by atoms with Crippen LogP contribution in [0.25, 0.3) is 0 Å². The second-order valence-electron chi connectivity index (χ2n) is 4.47. The van der Waals surface area contributed by atoms with Crippen molar-refractivity contribution in [3.05, 3.63) is 62.6 Å². The molecule has 1 heterocycles. The Labute approximate surface area is 124 Å². The molecule has 0 saturated heterocycles. The van der Waals surface area contributed by atoms with Crippen molar-refractivity contribution in [2.45, 2.75) is 6.42 Å². The van der Waals surface area contributed by atoms with E-state index in [1.165, 1.54) is 5.56 Å². The van der Waals surface area contributed by atoms with Gasteiger partial charge >= 0.3 is 0 Å². The molecule has 0 unspecified atom stereocenters. The fourth-order valence-electron chi connectivity index (χ4n) is 2.35. The summed E-state index contributed by atoms with van der Waals surface area (Å²) in [6.07, 6.45) is 0.963. The Balaban J connectivity index is 2.08. The van der Waals surface area contributed by atoms with E-state index in [2.05, 4.69) is 27.3 Å². The van der Waals surface area contributed by atoms with Crippen LogP contribution in [0.2, 0.25) is 5.02 Å². The molecule has 0 fully saturated rings. The van der Waals surface area contributed by atoms with Crippen LogP contribution in [-0.2, 0) is 6.42 Å². The van der Waals surface area contributed by atoms with Crippen LogP contribution in [0.4, 0.5) is 5.69 Å². The van der Waals surface area contributed by atoms with Crippen molar-refractivity contribution < 1.29 is 4.79 Å². The van der Waals surface area contributed by atoms with E-state index >= 15 is 0 Å². The average Bonchev–Trinajstić information content (AvgIpc) is 2.86. The van der Waals surface area contributed by atoms with Gasteiger partial charge in [0.25, 0.3) is 0 Å². The van der Waals surface area contributed by atoms with E-state index in [0.717, 1.165) is 23.1 Å². The van der Waals surface area contributed by atoms with Gasteiger partial charge in [0, 0.05) is 27.8 Å². The number of fused-ring (bicyclic) bond motifs is 1. The number of rotatable bonds is 2. The van der Waals surface area contributed by atoms with E-state index in [1.807, 2.05) is 18.2 Å². The van der Waals surface area contributed by atoms with Crippen LogP contribution in [0.15, 0.2) is 40.9 Å². The van der Waals surface area contributed by atoms with E-state index in [1.54, 1.807) is 12.1 Å². The fourth-order valence-corrected chi connectivity index (χ4v) is 3.11. The Morgan fingerprint density at radius 1 is 1.21 bits per heavy atom. The number of nitrogens with one attached hydrogen (secondary N) is 1. The zero-order valence-corrected chi connectivity index (χ0v) is 12.4. The number of anilines is 1. The highest BCUT2D eigenvalue weighted by atomic mass is 79.9. The number of para-hydroxylation sites is 1. The molecule has 19 heavy (non-hydrogen) atoms. The largest absolute Gasteiger partial charge is 0.384 e. The van der Waals surface area contributed by atoms with E-state index in [4.69, 9.17) is 11.6 Å². The van der Waals surface area contributed by atoms with Gasteiger partial charge in [-0.05, 0) is 36.2 Å². The van der Waals surface area contributed by atoms with E-state index in [-0.39, 0.29) is 5.78 Å². The standard InChI is InChI=1S/C15H11BrClNO/c16-10-4-5-11(13(17)8-10)15(19)12-3-1-2-9-6-7-18-14(9)12/h1-5,8,18H,6-7H2. The van der Waals surface area contributed by atoms with Crippen molar-refractivity contribution in [1.82, 2.24) is 0 Å². The highest BCUT2D eigenvalue weighted by Gasteiger charge is 2.21. The molecule has 0 radical (unpaired) electrons. The second kappa shape index (κ2) is 4.99. The Bertz CT molecular complexity index is 669. The molecule has 96 valence electrons. The van der Waals surface area contributed by atoms with Crippen molar-refractivity contribution >= 4 is 39.0 Å². The van der Waals surface area contributed by atoms with E-state index < -0.39 is 0 Å². The van der Waals surface area contributed by atoms with Gasteiger partial charge in [-0.3, -0.25) is 4.79 Å². The molecule has 0 bridgehead atoms. The summed E-state index contributed by atoms with van der Waals surface area (Å²) in [6, 6.07) is 11.1. The fraction of sp³-hybridized carbons (Fsp3) is 0.133. The summed E-state index contributed by atoms with van der Waals surface area (Å²) in [4.78, 5) is 12.6. The summed E-state index contributed by atoms with van der Waals surface area (Å²) in [5, 5.41) is 3.74. The van der Waals surface area contributed by atoms with Crippen molar-refractivity contribution in [2.75, 3.05) is 11.9 Å². The minimum Gasteiger partial charge on any atom is -0.384 e. The van der Waals surface area contributed by atoms with Gasteiger partial charge < -0.3 is 5.32 Å². The number of ketones is 1. The van der Waals surface area contributed by atoms with Gasteiger partial charge in [0.15, 0.2) is 5.78 Å². The maximum absolute atomic E-state index is 12.6. The number of halogens is 2. The third-order valence-corrected chi connectivity index (χ3v) is 4.07. The summed E-state index contributed by atoms with van der Waals surface area (Å²) in [5.41, 5.74) is 3.37. The Morgan fingerprint density at radius 2 is 2.05 bits per heavy atom. The first-order valence-electron chi connectivity index (χ1n) is 6.02. The van der Waals surface area contributed by atoms with Gasteiger partial charge in [0.1, 0.15) is 0 Å². The predicted octanol–water partition coefficient (Wildman–Crippen LogP) is 4.30. The SMILES string of the molecule is O=C(c1ccc(Br)cc1Cl)c1cccc2c1NCC2. The van der Waals surface area contributed by atoms with Crippen LogP contribution in [-0.4, -0.2) is 12.3 Å². The third kappa shape index (κ3) is 2.28. The molecular formula is C15H11BrClNO. The first-order chi connectivity index (χ1) is 9.16. The maximum Gasteiger partial charge on any atom is 0.196 e. The van der Waals surface area contributed by atoms with Crippen molar-refractivity contribution in [3.63, 3.8) is 0 Å². The molecule has 2 aromatic carbocycles. The number of hydrogen-bond acceptors (Lipinski definition) is 2. The van der Waals surface area contributed by atoms with Crippen LogP contribution in [0, 0.1) is 0 Å². The summed E-state index contributed by atoms with van der Waals surface area (Å²) in [5.74, 6) is -0.0382. The van der Waals surface area contributed by atoms with Gasteiger partial charge in [-0.1, -0.05) is 39.7 Å². The van der Waals surface area contributed by atoms with Gasteiger partial charge in [0.05, 0.1) is 5.02 Å². The Morgan fingerprint density at radius 3 is 2.84 bits per heavy atom. The molecule has 0 atom stereocenters. The number of carbonyl (C=O) groups is 1. The van der Waals surface area contributed by atoms with Crippen LogP contribution in [0.1, 0.15) is 21.5 Å². The van der Waals surface area contributed by atoms with Crippen LogP contribution in [0.5, 0.6) is 0 Å². The Hall–Kier alpha value is -1.32. The maximum atomic E-state index is 12.6. The zero-order chi connectivity index (χ0) is 13.4. The minimum atomic E-state index is -0.0382. The highest BCUT2D eigenvalue weighted by Crippen LogP contribution is 2.30. The Kier molecular flexibility index (Phi) is 3.33. The predicted molar refractivity (Wildman–Crippen MR) is 81.2 cm³/mol. The third-order valence-electron chi connectivity index (χ3n) is 3.27. The number of hydrogen-bond donors (Lipinski definition) is 1. The van der Waals surface area contributed by atoms with Crippen LogP contribution < -0.4 is 5.32 Å². The monoisotopic (exact) mass is 335 g/mol. The van der Waals surface area contributed by atoms with E-state index in [0.29, 0.717) is 16.1 Å². The summed E-state index contributed by atoms with van der Waals surface area (Å²) in [7, 11) is 0. The molecule has 3 rings (SSSR count). The molecule has 0 aliphatic carbocycles. The second-order valence-corrected chi connectivity index (χ2v) is 5.79. The lowest BCUT2D eigenvalue weighted by atomic mass is 9.99. The van der Waals surface area contributed by atoms with Gasteiger partial charge in [-0.2, -0.15) is 0 Å². The quantitative estimate of drug-likeness (QED) is 0.828. The molecule has 2 nitrogen and oxygen atoms in total. The van der Waals surface area contributed by atoms with Crippen molar-refractivity contribution in [2.24, 2.45) is 0 Å². The average molecular weight is 337 g/mol. The molecule has 2 aromatic rings. The lowest BCUT2D eigenvalue weighted by Gasteiger charge is -2.09. The molecule has 0 saturated carbocycles. The molecular weight excluding hydrogens is 326 g/mol. The molecule has 1 aliphatic rings. The molecule has 0 aromatic heterocycles. The normalized spacial score (nSPS) is 12.9. The lowest BCUT2D eigenvalue weighted by Crippen LogP contribution is -2.06. The van der Waals surface area contributed by atoms with Gasteiger partial charge in [-0.15, -0.1) is 0 Å². The van der Waals surface area contributed by atoms with Crippen LogP contribution >= 0.6 is 27.5 Å².